The Hall–Kier alpha value is -0.980. The highest BCUT2D eigenvalue weighted by atomic mass is 79.9. The molecule has 0 aromatic carbocycles. The molecule has 1 fully saturated rings. The van der Waals surface area contributed by atoms with Crippen LogP contribution in [-0.2, 0) is 4.79 Å². The number of nitrogens with one attached hydrogen (secondary N) is 1. The zero-order valence-electron chi connectivity index (χ0n) is 10.1. The molecule has 1 aromatic heterocycles. The molecular weight excluding hydrogens is 296 g/mol. The monoisotopic (exact) mass is 312 g/mol. The van der Waals surface area contributed by atoms with Crippen LogP contribution in [0.15, 0.2) is 22.8 Å². The van der Waals surface area contributed by atoms with Crippen molar-refractivity contribution in [1.29, 1.82) is 0 Å². The molecule has 0 bridgehead atoms. The van der Waals surface area contributed by atoms with E-state index in [0.717, 1.165) is 24.0 Å². The fourth-order valence-electron chi connectivity index (χ4n) is 2.08. The Morgan fingerprint density at radius 3 is 3.06 bits per heavy atom. The van der Waals surface area contributed by atoms with E-state index in [2.05, 4.69) is 31.1 Å². The van der Waals surface area contributed by atoms with Crippen molar-refractivity contribution in [2.45, 2.75) is 6.42 Å². The SMILES string of the molecule is NCC1CCN(CC(=O)Nc2ccc(Br)cn2)C1. The standard InChI is InChI=1S/C12H17BrN4O/c13-10-1-2-11(15-6-10)16-12(18)8-17-4-3-9(5-14)7-17/h1-2,6,9H,3-5,7-8,14H2,(H,15,16,18). The predicted molar refractivity (Wildman–Crippen MR) is 74.2 cm³/mol. The predicted octanol–water partition coefficient (Wildman–Crippen LogP) is 1.06. The summed E-state index contributed by atoms with van der Waals surface area (Å²) in [6.45, 7) is 2.97. The van der Waals surface area contributed by atoms with Crippen molar-refractivity contribution in [3.05, 3.63) is 22.8 Å². The second-order valence-electron chi connectivity index (χ2n) is 4.54. The Balaban J connectivity index is 1.80. The summed E-state index contributed by atoms with van der Waals surface area (Å²) in [5, 5.41) is 2.79. The van der Waals surface area contributed by atoms with Crippen LogP contribution in [0.4, 0.5) is 5.82 Å². The van der Waals surface area contributed by atoms with Crippen LogP contribution in [0.25, 0.3) is 0 Å². The number of carbonyl (C=O) groups excluding carboxylic acids is 1. The Morgan fingerprint density at radius 2 is 2.44 bits per heavy atom. The lowest BCUT2D eigenvalue weighted by Crippen LogP contribution is -2.32. The Bertz CT molecular complexity index is 409. The number of hydrogen-bond donors (Lipinski definition) is 2. The van der Waals surface area contributed by atoms with Gasteiger partial charge in [0.15, 0.2) is 0 Å². The van der Waals surface area contributed by atoms with Crippen LogP contribution in [0.1, 0.15) is 6.42 Å². The normalized spacial score (nSPS) is 20.0. The maximum Gasteiger partial charge on any atom is 0.239 e. The van der Waals surface area contributed by atoms with Gasteiger partial charge in [-0.05, 0) is 53.5 Å². The minimum Gasteiger partial charge on any atom is -0.330 e. The third-order valence-corrected chi connectivity index (χ3v) is 3.53. The first-order valence-corrected chi connectivity index (χ1v) is 6.80. The number of halogens is 1. The molecule has 5 nitrogen and oxygen atoms in total. The summed E-state index contributed by atoms with van der Waals surface area (Å²) in [6.07, 6.45) is 2.75. The lowest BCUT2D eigenvalue weighted by molar-refractivity contribution is -0.117. The molecule has 1 unspecified atom stereocenters. The van der Waals surface area contributed by atoms with Gasteiger partial charge in [-0.3, -0.25) is 9.69 Å². The second kappa shape index (κ2) is 6.26. The van der Waals surface area contributed by atoms with Crippen molar-refractivity contribution >= 4 is 27.7 Å². The molecule has 2 heterocycles. The molecule has 1 aliphatic heterocycles. The summed E-state index contributed by atoms with van der Waals surface area (Å²) >= 11 is 3.30. The van der Waals surface area contributed by atoms with Gasteiger partial charge in [-0.25, -0.2) is 4.98 Å². The van der Waals surface area contributed by atoms with Crippen LogP contribution < -0.4 is 11.1 Å². The molecule has 1 amide bonds. The Kier molecular flexibility index (Phi) is 4.68. The summed E-state index contributed by atoms with van der Waals surface area (Å²) in [5.74, 6) is 1.09. The zero-order chi connectivity index (χ0) is 13.0. The highest BCUT2D eigenvalue weighted by Crippen LogP contribution is 2.14. The molecule has 0 spiro atoms. The molecular formula is C12H17BrN4O. The number of amides is 1. The molecule has 3 N–H and O–H groups in total. The number of hydrogen-bond acceptors (Lipinski definition) is 4. The fourth-order valence-corrected chi connectivity index (χ4v) is 2.32. The highest BCUT2D eigenvalue weighted by Gasteiger charge is 2.22. The second-order valence-corrected chi connectivity index (χ2v) is 5.45. The number of pyridine rings is 1. The first-order chi connectivity index (χ1) is 8.67. The minimum absolute atomic E-state index is 0.0255. The number of nitrogens with zero attached hydrogens (tertiary/aromatic N) is 2. The highest BCUT2D eigenvalue weighted by molar-refractivity contribution is 9.10. The third kappa shape index (κ3) is 3.76. The summed E-state index contributed by atoms with van der Waals surface area (Å²) in [5.41, 5.74) is 5.62. The van der Waals surface area contributed by atoms with Crippen molar-refractivity contribution < 1.29 is 4.79 Å². The van der Waals surface area contributed by atoms with Crippen LogP contribution in [0.3, 0.4) is 0 Å². The van der Waals surface area contributed by atoms with E-state index < -0.39 is 0 Å². The summed E-state index contributed by atoms with van der Waals surface area (Å²) in [4.78, 5) is 18.0. The van der Waals surface area contributed by atoms with Gasteiger partial charge in [0.05, 0.1) is 6.54 Å². The molecule has 1 saturated heterocycles. The maximum absolute atomic E-state index is 11.8. The number of carbonyl (C=O) groups is 1. The number of likely N-dealkylation sites (tertiary alicyclic amines) is 1. The summed E-state index contributed by atoms with van der Waals surface area (Å²) in [7, 11) is 0. The van der Waals surface area contributed by atoms with Crippen LogP contribution in [-0.4, -0.2) is 42.0 Å². The van der Waals surface area contributed by atoms with E-state index in [0.29, 0.717) is 24.8 Å². The van der Waals surface area contributed by atoms with Gasteiger partial charge in [-0.15, -0.1) is 0 Å². The van der Waals surface area contributed by atoms with Crippen molar-refractivity contribution in [3.8, 4) is 0 Å². The van der Waals surface area contributed by atoms with E-state index in [9.17, 15) is 4.79 Å². The fraction of sp³-hybridized carbons (Fsp3) is 0.500. The largest absolute Gasteiger partial charge is 0.330 e. The molecule has 0 aliphatic carbocycles. The maximum atomic E-state index is 11.8. The third-order valence-electron chi connectivity index (χ3n) is 3.07. The van der Waals surface area contributed by atoms with Gasteiger partial charge in [-0.1, -0.05) is 0 Å². The quantitative estimate of drug-likeness (QED) is 0.872. The van der Waals surface area contributed by atoms with Gasteiger partial charge < -0.3 is 11.1 Å². The number of nitrogens with two attached hydrogens (primary N) is 1. The van der Waals surface area contributed by atoms with Gasteiger partial charge >= 0.3 is 0 Å². The van der Waals surface area contributed by atoms with E-state index in [4.69, 9.17) is 5.73 Å². The number of rotatable bonds is 4. The van der Waals surface area contributed by atoms with Gasteiger partial charge in [0, 0.05) is 17.2 Å². The van der Waals surface area contributed by atoms with Crippen molar-refractivity contribution in [2.75, 3.05) is 31.5 Å². The summed E-state index contributed by atoms with van der Waals surface area (Å²) < 4.78 is 0.894. The molecule has 1 atom stereocenters. The molecule has 1 aromatic rings. The first-order valence-electron chi connectivity index (χ1n) is 6.01. The molecule has 0 radical (unpaired) electrons. The van der Waals surface area contributed by atoms with Crippen LogP contribution in [0.5, 0.6) is 0 Å². The average Bonchev–Trinajstić information content (AvgIpc) is 2.79. The van der Waals surface area contributed by atoms with Crippen molar-refractivity contribution in [3.63, 3.8) is 0 Å². The van der Waals surface area contributed by atoms with E-state index >= 15 is 0 Å². The zero-order valence-corrected chi connectivity index (χ0v) is 11.7. The van der Waals surface area contributed by atoms with E-state index in [1.54, 1.807) is 12.3 Å². The first kappa shape index (κ1) is 13.5. The molecule has 2 rings (SSSR count). The molecule has 18 heavy (non-hydrogen) atoms. The Morgan fingerprint density at radius 1 is 1.61 bits per heavy atom. The van der Waals surface area contributed by atoms with Gasteiger partial charge in [0.2, 0.25) is 5.91 Å². The van der Waals surface area contributed by atoms with E-state index in [-0.39, 0.29) is 5.91 Å². The summed E-state index contributed by atoms with van der Waals surface area (Å²) in [6, 6.07) is 3.62. The van der Waals surface area contributed by atoms with Gasteiger partial charge in [0.1, 0.15) is 5.82 Å². The molecule has 98 valence electrons. The Labute approximate surface area is 115 Å². The van der Waals surface area contributed by atoms with Gasteiger partial charge in [-0.2, -0.15) is 0 Å². The van der Waals surface area contributed by atoms with Crippen LogP contribution in [0, 0.1) is 5.92 Å². The average molecular weight is 313 g/mol. The van der Waals surface area contributed by atoms with E-state index in [1.165, 1.54) is 0 Å². The van der Waals surface area contributed by atoms with Crippen molar-refractivity contribution in [1.82, 2.24) is 9.88 Å². The van der Waals surface area contributed by atoms with Crippen molar-refractivity contribution in [2.24, 2.45) is 11.7 Å². The lowest BCUT2D eigenvalue weighted by atomic mass is 10.1. The number of anilines is 1. The van der Waals surface area contributed by atoms with Gasteiger partial charge in [0.25, 0.3) is 0 Å². The number of aromatic nitrogens is 1. The minimum atomic E-state index is -0.0255. The smallest absolute Gasteiger partial charge is 0.239 e. The topological polar surface area (TPSA) is 71.2 Å². The van der Waals surface area contributed by atoms with Crippen LogP contribution >= 0.6 is 15.9 Å². The lowest BCUT2D eigenvalue weighted by Gasteiger charge is -2.14. The van der Waals surface area contributed by atoms with E-state index in [1.807, 2.05) is 6.07 Å². The van der Waals surface area contributed by atoms with Crippen LogP contribution in [0.2, 0.25) is 0 Å². The molecule has 6 heteroatoms. The molecule has 1 aliphatic rings. The molecule has 0 saturated carbocycles.